The number of aryl methyl sites for hydroxylation is 2. The Balaban J connectivity index is 1.44. The van der Waals surface area contributed by atoms with Gasteiger partial charge < -0.3 is 9.64 Å². The molecule has 0 saturated heterocycles. The molecule has 1 amide bonds. The van der Waals surface area contributed by atoms with Gasteiger partial charge in [0.15, 0.2) is 11.8 Å². The van der Waals surface area contributed by atoms with E-state index in [2.05, 4.69) is 29.4 Å². The molecule has 2 aromatic carbocycles. The van der Waals surface area contributed by atoms with Crippen LogP contribution in [0.15, 0.2) is 60.7 Å². The molecule has 32 heavy (non-hydrogen) atoms. The minimum absolute atomic E-state index is 0.0242. The number of rotatable bonds is 4. The normalized spacial score (nSPS) is 14.3. The number of hydrogen-bond acceptors (Lipinski definition) is 4. The Morgan fingerprint density at radius 2 is 1.78 bits per heavy atom. The topological polar surface area (TPSA) is 60.2 Å². The zero-order chi connectivity index (χ0) is 22.2. The van der Waals surface area contributed by atoms with Crippen molar-refractivity contribution in [3.05, 3.63) is 77.5 Å². The fraction of sp³-hybridized carbons (Fsp3) is 0.269. The summed E-state index contributed by atoms with van der Waals surface area (Å²) in [5.41, 5.74) is 6.24. The van der Waals surface area contributed by atoms with Gasteiger partial charge in [0, 0.05) is 26.2 Å². The summed E-state index contributed by atoms with van der Waals surface area (Å²) < 4.78 is 7.87. The van der Waals surface area contributed by atoms with Gasteiger partial charge in [-0.05, 0) is 42.5 Å². The van der Waals surface area contributed by atoms with E-state index < -0.39 is 6.10 Å². The number of carbonyl (C=O) groups is 1. The van der Waals surface area contributed by atoms with Gasteiger partial charge >= 0.3 is 0 Å². The minimum atomic E-state index is -0.636. The van der Waals surface area contributed by atoms with Crippen molar-refractivity contribution in [2.45, 2.75) is 32.9 Å². The van der Waals surface area contributed by atoms with Gasteiger partial charge in [0.05, 0.1) is 11.1 Å². The average molecular weight is 427 g/mol. The number of ether oxygens (including phenoxy) is 1. The van der Waals surface area contributed by atoms with E-state index in [-0.39, 0.29) is 5.91 Å². The molecule has 6 nitrogen and oxygen atoms in total. The van der Waals surface area contributed by atoms with E-state index in [4.69, 9.17) is 9.72 Å². The standard InChI is InChI=1S/C26H26N4O2/c1-17-24-22(20-10-5-4-6-11-20)15-23(27-25(24)29(3)28-17)32-18(2)26(31)30-14-13-19-9-7-8-12-21(19)16-30/h4-12,15,18H,13-14,16H2,1-3H3/t18-/m1/s1. The van der Waals surface area contributed by atoms with Gasteiger partial charge in [-0.1, -0.05) is 54.6 Å². The zero-order valence-electron chi connectivity index (χ0n) is 18.6. The van der Waals surface area contributed by atoms with Gasteiger partial charge in [0.1, 0.15) is 0 Å². The van der Waals surface area contributed by atoms with Crippen LogP contribution in [0.4, 0.5) is 0 Å². The summed E-state index contributed by atoms with van der Waals surface area (Å²) >= 11 is 0. The van der Waals surface area contributed by atoms with E-state index in [9.17, 15) is 4.79 Å². The van der Waals surface area contributed by atoms with Crippen LogP contribution in [0, 0.1) is 6.92 Å². The molecule has 2 aromatic heterocycles. The third-order valence-electron chi connectivity index (χ3n) is 6.12. The Hall–Kier alpha value is -3.67. The van der Waals surface area contributed by atoms with E-state index in [1.54, 1.807) is 11.6 Å². The van der Waals surface area contributed by atoms with Crippen molar-refractivity contribution in [3.8, 4) is 17.0 Å². The molecule has 1 aliphatic heterocycles. The summed E-state index contributed by atoms with van der Waals surface area (Å²) in [6, 6.07) is 20.3. The molecule has 0 saturated carbocycles. The van der Waals surface area contributed by atoms with Crippen molar-refractivity contribution in [3.63, 3.8) is 0 Å². The number of pyridine rings is 1. The van der Waals surface area contributed by atoms with Crippen LogP contribution in [0.1, 0.15) is 23.7 Å². The summed E-state index contributed by atoms with van der Waals surface area (Å²) in [5, 5.41) is 5.55. The maximum absolute atomic E-state index is 13.2. The minimum Gasteiger partial charge on any atom is -0.464 e. The lowest BCUT2D eigenvalue weighted by molar-refractivity contribution is -0.139. The van der Waals surface area contributed by atoms with Crippen LogP contribution < -0.4 is 4.74 Å². The van der Waals surface area contributed by atoms with Crippen LogP contribution in [-0.2, 0) is 24.8 Å². The second-order valence-corrected chi connectivity index (χ2v) is 8.32. The molecule has 3 heterocycles. The monoisotopic (exact) mass is 426 g/mol. The van der Waals surface area contributed by atoms with Crippen molar-refractivity contribution in [2.75, 3.05) is 6.54 Å². The SMILES string of the molecule is Cc1nn(C)c2nc(O[C@H](C)C(=O)N3CCc4ccccc4C3)cc(-c3ccccc3)c12. The van der Waals surface area contributed by atoms with Gasteiger partial charge in [-0.25, -0.2) is 0 Å². The van der Waals surface area contributed by atoms with Crippen LogP contribution >= 0.6 is 0 Å². The number of carbonyl (C=O) groups excluding carboxylic acids is 1. The smallest absolute Gasteiger partial charge is 0.263 e. The lowest BCUT2D eigenvalue weighted by atomic mass is 9.99. The van der Waals surface area contributed by atoms with E-state index in [0.29, 0.717) is 19.0 Å². The fourth-order valence-electron chi connectivity index (χ4n) is 4.50. The van der Waals surface area contributed by atoms with Crippen LogP contribution in [0.5, 0.6) is 5.88 Å². The Kier molecular flexibility index (Phi) is 5.13. The zero-order valence-corrected chi connectivity index (χ0v) is 18.6. The average Bonchev–Trinajstić information content (AvgIpc) is 3.11. The molecule has 0 radical (unpaired) electrons. The molecule has 0 fully saturated rings. The number of amides is 1. The van der Waals surface area contributed by atoms with Crippen LogP contribution in [-0.4, -0.2) is 38.2 Å². The predicted molar refractivity (Wildman–Crippen MR) is 124 cm³/mol. The molecule has 6 heteroatoms. The van der Waals surface area contributed by atoms with E-state index >= 15 is 0 Å². The first-order chi connectivity index (χ1) is 15.5. The largest absolute Gasteiger partial charge is 0.464 e. The Morgan fingerprint density at radius 3 is 2.56 bits per heavy atom. The molecule has 5 rings (SSSR count). The molecule has 0 unspecified atom stereocenters. The first-order valence-corrected chi connectivity index (χ1v) is 10.9. The van der Waals surface area contributed by atoms with Crippen molar-refractivity contribution in [1.29, 1.82) is 0 Å². The van der Waals surface area contributed by atoms with Gasteiger partial charge in [0.2, 0.25) is 5.88 Å². The maximum Gasteiger partial charge on any atom is 0.263 e. The highest BCUT2D eigenvalue weighted by Gasteiger charge is 2.26. The van der Waals surface area contributed by atoms with Crippen LogP contribution in [0.2, 0.25) is 0 Å². The maximum atomic E-state index is 13.2. The van der Waals surface area contributed by atoms with E-state index in [1.165, 1.54) is 11.1 Å². The molecule has 162 valence electrons. The molecule has 4 aromatic rings. The summed E-state index contributed by atoms with van der Waals surface area (Å²) in [6.07, 6.45) is 0.230. The molecule has 0 N–H and O–H groups in total. The molecule has 0 aliphatic carbocycles. The first kappa shape index (κ1) is 20.2. The predicted octanol–water partition coefficient (Wildman–Crippen LogP) is 4.30. The van der Waals surface area contributed by atoms with Crippen LogP contribution in [0.3, 0.4) is 0 Å². The van der Waals surface area contributed by atoms with Crippen molar-refractivity contribution >= 4 is 16.9 Å². The fourth-order valence-corrected chi connectivity index (χ4v) is 4.50. The van der Waals surface area contributed by atoms with E-state index in [0.717, 1.165) is 34.3 Å². The summed E-state index contributed by atoms with van der Waals surface area (Å²) in [5.74, 6) is 0.404. The molecular formula is C26H26N4O2. The van der Waals surface area contributed by atoms with Crippen molar-refractivity contribution < 1.29 is 9.53 Å². The highest BCUT2D eigenvalue weighted by Crippen LogP contribution is 2.33. The Labute approximate surface area is 187 Å². The lowest BCUT2D eigenvalue weighted by Crippen LogP contribution is -2.43. The third kappa shape index (κ3) is 3.62. The Bertz CT molecular complexity index is 1300. The molecular weight excluding hydrogens is 400 g/mol. The lowest BCUT2D eigenvalue weighted by Gasteiger charge is -2.30. The summed E-state index contributed by atoms with van der Waals surface area (Å²) in [6.45, 7) is 5.10. The van der Waals surface area contributed by atoms with Gasteiger partial charge in [-0.3, -0.25) is 9.48 Å². The van der Waals surface area contributed by atoms with Gasteiger partial charge in [-0.15, -0.1) is 0 Å². The number of fused-ring (bicyclic) bond motifs is 2. The van der Waals surface area contributed by atoms with Crippen molar-refractivity contribution in [1.82, 2.24) is 19.7 Å². The summed E-state index contributed by atoms with van der Waals surface area (Å²) in [4.78, 5) is 19.7. The van der Waals surface area contributed by atoms with Crippen LogP contribution in [0.25, 0.3) is 22.2 Å². The number of benzene rings is 2. The van der Waals surface area contributed by atoms with E-state index in [1.807, 2.05) is 55.3 Å². The quantitative estimate of drug-likeness (QED) is 0.488. The second-order valence-electron chi connectivity index (χ2n) is 8.32. The number of nitrogens with zero attached hydrogens (tertiary/aromatic N) is 4. The highest BCUT2D eigenvalue weighted by molar-refractivity contribution is 5.95. The van der Waals surface area contributed by atoms with Gasteiger partial charge in [0.25, 0.3) is 5.91 Å². The summed E-state index contributed by atoms with van der Waals surface area (Å²) in [7, 11) is 1.88. The van der Waals surface area contributed by atoms with Gasteiger partial charge in [-0.2, -0.15) is 10.1 Å². The first-order valence-electron chi connectivity index (χ1n) is 10.9. The third-order valence-corrected chi connectivity index (χ3v) is 6.12. The molecule has 0 bridgehead atoms. The highest BCUT2D eigenvalue weighted by atomic mass is 16.5. The van der Waals surface area contributed by atoms with Crippen molar-refractivity contribution in [2.24, 2.45) is 7.05 Å². The molecule has 1 aliphatic rings. The molecule has 0 spiro atoms. The second kappa shape index (κ2) is 8.11. The number of aromatic nitrogens is 3. The molecule has 1 atom stereocenters. The number of hydrogen-bond donors (Lipinski definition) is 0. The Morgan fingerprint density at radius 1 is 1.06 bits per heavy atom.